The van der Waals surface area contributed by atoms with Crippen LogP contribution in [-0.4, -0.2) is 22.4 Å². The van der Waals surface area contributed by atoms with E-state index in [1.165, 1.54) is 13.0 Å². The lowest BCUT2D eigenvalue weighted by Gasteiger charge is -2.07. The zero-order chi connectivity index (χ0) is 7.44. The van der Waals surface area contributed by atoms with Crippen molar-refractivity contribution in [3.63, 3.8) is 0 Å². The zero-order valence-electron chi connectivity index (χ0n) is 4.88. The minimum atomic E-state index is -0.807. The van der Waals surface area contributed by atoms with E-state index in [1.54, 1.807) is 0 Å². The molecule has 0 spiro atoms. The van der Waals surface area contributed by atoms with Gasteiger partial charge in [-0.1, -0.05) is 0 Å². The van der Waals surface area contributed by atoms with Gasteiger partial charge in [0.05, 0.1) is 15.6 Å². The molecule has 0 aromatic rings. The summed E-state index contributed by atoms with van der Waals surface area (Å²) < 4.78 is 0.642. The summed E-state index contributed by atoms with van der Waals surface area (Å²) in [7, 11) is 0. The Morgan fingerprint density at radius 3 is 2.00 bits per heavy atom. The first-order valence-electron chi connectivity index (χ1n) is 2.43. The molecule has 0 radical (unpaired) electrons. The summed E-state index contributed by atoms with van der Waals surface area (Å²) in [6.45, 7) is 1.52. The van der Waals surface area contributed by atoms with Gasteiger partial charge in [-0.15, -0.1) is 0 Å². The highest BCUT2D eigenvalue weighted by Gasteiger charge is 2.06. The van der Waals surface area contributed by atoms with E-state index in [2.05, 4.69) is 31.9 Å². The topological polar surface area (TPSA) is 40.5 Å². The van der Waals surface area contributed by atoms with Crippen molar-refractivity contribution in [3.05, 3.63) is 9.47 Å². The molecule has 0 aromatic carbocycles. The van der Waals surface area contributed by atoms with Crippen LogP contribution in [0.4, 0.5) is 0 Å². The van der Waals surface area contributed by atoms with Crippen molar-refractivity contribution < 1.29 is 10.2 Å². The van der Waals surface area contributed by atoms with Gasteiger partial charge in [-0.2, -0.15) is 0 Å². The second kappa shape index (κ2) is 4.44. The fourth-order valence-corrected chi connectivity index (χ4v) is 0.810. The Morgan fingerprint density at radius 1 is 1.44 bits per heavy atom. The van der Waals surface area contributed by atoms with E-state index in [9.17, 15) is 0 Å². The van der Waals surface area contributed by atoms with Gasteiger partial charge in [0, 0.05) is 0 Å². The summed E-state index contributed by atoms with van der Waals surface area (Å²) in [5, 5.41) is 17.6. The van der Waals surface area contributed by atoms with E-state index < -0.39 is 12.2 Å². The van der Waals surface area contributed by atoms with Gasteiger partial charge >= 0.3 is 0 Å². The molecule has 9 heavy (non-hydrogen) atoms. The first kappa shape index (κ1) is 9.62. The predicted octanol–water partition coefficient (Wildman–Crippen LogP) is 1.36. The minimum Gasteiger partial charge on any atom is -0.390 e. The molecule has 0 amide bonds. The van der Waals surface area contributed by atoms with Crippen LogP contribution in [0.15, 0.2) is 9.47 Å². The van der Waals surface area contributed by atoms with Gasteiger partial charge in [-0.05, 0) is 44.9 Å². The van der Waals surface area contributed by atoms with Gasteiger partial charge in [0.2, 0.25) is 0 Å². The summed E-state index contributed by atoms with van der Waals surface area (Å²) in [4.78, 5) is 0. The van der Waals surface area contributed by atoms with E-state index in [1.807, 2.05) is 0 Å². The standard InChI is InChI=1S/C5H8Br2O2/c1-3(8)4(9)2-5(6)7/h2-4,8-9H,1H3/t3-,4-/m1/s1. The van der Waals surface area contributed by atoms with Gasteiger partial charge in [-0.3, -0.25) is 0 Å². The van der Waals surface area contributed by atoms with Gasteiger partial charge in [-0.25, -0.2) is 0 Å². The smallest absolute Gasteiger partial charge is 0.0996 e. The molecule has 0 heterocycles. The molecule has 2 nitrogen and oxygen atoms in total. The van der Waals surface area contributed by atoms with Gasteiger partial charge in [0.15, 0.2) is 0 Å². The monoisotopic (exact) mass is 258 g/mol. The van der Waals surface area contributed by atoms with Crippen molar-refractivity contribution in [1.29, 1.82) is 0 Å². The zero-order valence-corrected chi connectivity index (χ0v) is 8.05. The molecular formula is C5H8Br2O2. The average Bonchev–Trinajstić information content (AvgIpc) is 1.63. The van der Waals surface area contributed by atoms with Crippen molar-refractivity contribution in [1.82, 2.24) is 0 Å². The molecule has 0 aliphatic carbocycles. The van der Waals surface area contributed by atoms with Crippen molar-refractivity contribution in [2.24, 2.45) is 0 Å². The van der Waals surface area contributed by atoms with Crippen LogP contribution in [0.1, 0.15) is 6.92 Å². The van der Waals surface area contributed by atoms with Gasteiger partial charge < -0.3 is 10.2 Å². The Hall–Kier alpha value is 0.620. The molecule has 0 aliphatic heterocycles. The molecule has 0 saturated carbocycles. The number of halogens is 2. The lowest BCUT2D eigenvalue weighted by molar-refractivity contribution is 0.0620. The van der Waals surface area contributed by atoms with Crippen LogP contribution >= 0.6 is 31.9 Å². The largest absolute Gasteiger partial charge is 0.390 e. The average molecular weight is 260 g/mol. The molecule has 0 saturated heterocycles. The molecule has 0 unspecified atom stereocenters. The maximum atomic E-state index is 8.91. The highest BCUT2D eigenvalue weighted by atomic mass is 79.9. The lowest BCUT2D eigenvalue weighted by atomic mass is 10.2. The summed E-state index contributed by atoms with van der Waals surface area (Å²) >= 11 is 6.10. The van der Waals surface area contributed by atoms with Crippen molar-refractivity contribution in [2.75, 3.05) is 0 Å². The van der Waals surface area contributed by atoms with Gasteiger partial charge in [0.25, 0.3) is 0 Å². The van der Waals surface area contributed by atoms with Crippen LogP contribution in [0.5, 0.6) is 0 Å². The Morgan fingerprint density at radius 2 is 1.89 bits per heavy atom. The quantitative estimate of drug-likeness (QED) is 0.786. The maximum Gasteiger partial charge on any atom is 0.0996 e. The summed E-state index contributed by atoms with van der Waals surface area (Å²) in [6.07, 6.45) is -0.0705. The molecular weight excluding hydrogens is 252 g/mol. The summed E-state index contributed by atoms with van der Waals surface area (Å²) in [5.41, 5.74) is 0. The summed E-state index contributed by atoms with van der Waals surface area (Å²) in [5.74, 6) is 0. The number of rotatable bonds is 2. The van der Waals surface area contributed by atoms with Crippen LogP contribution in [-0.2, 0) is 0 Å². The Labute approximate surface area is 70.8 Å². The van der Waals surface area contributed by atoms with Crippen LogP contribution in [0, 0.1) is 0 Å². The molecule has 0 aliphatic rings. The second-order valence-corrected chi connectivity index (χ2v) is 4.46. The Kier molecular flexibility index (Phi) is 4.74. The second-order valence-electron chi connectivity index (χ2n) is 1.69. The molecule has 2 atom stereocenters. The van der Waals surface area contributed by atoms with Crippen molar-refractivity contribution in [3.8, 4) is 0 Å². The predicted molar refractivity (Wildman–Crippen MR) is 43.6 cm³/mol. The highest BCUT2D eigenvalue weighted by molar-refractivity contribution is 9.28. The lowest BCUT2D eigenvalue weighted by Crippen LogP contribution is -2.19. The molecule has 0 fully saturated rings. The third-order valence-electron chi connectivity index (χ3n) is 0.791. The first-order chi connectivity index (χ1) is 4.04. The normalized spacial score (nSPS) is 16.6. The number of aliphatic hydroxyl groups is 2. The first-order valence-corrected chi connectivity index (χ1v) is 4.01. The fourth-order valence-electron chi connectivity index (χ4n) is 0.268. The fraction of sp³-hybridized carbons (Fsp3) is 0.600. The van der Waals surface area contributed by atoms with E-state index in [4.69, 9.17) is 10.2 Å². The van der Waals surface area contributed by atoms with Crippen molar-refractivity contribution >= 4 is 31.9 Å². The van der Waals surface area contributed by atoms with E-state index in [-0.39, 0.29) is 0 Å². The molecule has 4 heteroatoms. The Balaban J connectivity index is 3.76. The highest BCUT2D eigenvalue weighted by Crippen LogP contribution is 2.14. The van der Waals surface area contributed by atoms with E-state index >= 15 is 0 Å². The molecule has 2 N–H and O–H groups in total. The summed E-state index contributed by atoms with van der Waals surface area (Å²) in [6, 6.07) is 0. The van der Waals surface area contributed by atoms with Gasteiger partial charge in [0.1, 0.15) is 0 Å². The van der Waals surface area contributed by atoms with E-state index in [0.29, 0.717) is 3.39 Å². The third kappa shape index (κ3) is 5.08. The number of hydrogen-bond acceptors (Lipinski definition) is 2. The number of aliphatic hydroxyl groups excluding tert-OH is 2. The minimum absolute atomic E-state index is 0.642. The van der Waals surface area contributed by atoms with Crippen molar-refractivity contribution in [2.45, 2.75) is 19.1 Å². The van der Waals surface area contributed by atoms with Crippen LogP contribution in [0.25, 0.3) is 0 Å². The molecule has 54 valence electrons. The SMILES string of the molecule is C[C@@H](O)[C@H](O)C=C(Br)Br. The Bertz CT molecular complexity index is 108. The van der Waals surface area contributed by atoms with Crippen LogP contribution in [0.3, 0.4) is 0 Å². The molecule has 0 bridgehead atoms. The maximum absolute atomic E-state index is 8.91. The van der Waals surface area contributed by atoms with E-state index in [0.717, 1.165) is 0 Å². The van der Waals surface area contributed by atoms with Crippen LogP contribution in [0.2, 0.25) is 0 Å². The molecule has 0 aromatic heterocycles. The van der Waals surface area contributed by atoms with Crippen LogP contribution < -0.4 is 0 Å². The molecule has 0 rings (SSSR count). The number of hydrogen-bond donors (Lipinski definition) is 2. The third-order valence-corrected chi connectivity index (χ3v) is 1.32.